The van der Waals surface area contributed by atoms with Crippen LogP contribution in [0.3, 0.4) is 0 Å². The lowest BCUT2D eigenvalue weighted by molar-refractivity contribution is -0.153. The highest BCUT2D eigenvalue weighted by molar-refractivity contribution is 5.75. The van der Waals surface area contributed by atoms with Gasteiger partial charge < -0.3 is 14.9 Å². The first-order valence-corrected chi connectivity index (χ1v) is 5.79. The van der Waals surface area contributed by atoms with E-state index in [0.29, 0.717) is 0 Å². The van der Waals surface area contributed by atoms with Crippen LogP contribution in [0.5, 0.6) is 0 Å². The van der Waals surface area contributed by atoms with E-state index in [9.17, 15) is 4.79 Å². The maximum absolute atomic E-state index is 11.9. The number of carbonyl (C=O) groups is 1. The van der Waals surface area contributed by atoms with Crippen molar-refractivity contribution in [2.75, 3.05) is 13.2 Å². The van der Waals surface area contributed by atoms with E-state index in [-0.39, 0.29) is 23.9 Å². The zero-order chi connectivity index (χ0) is 13.6. The van der Waals surface area contributed by atoms with Crippen LogP contribution in [0.4, 0.5) is 0 Å². The van der Waals surface area contributed by atoms with Gasteiger partial charge in [0.15, 0.2) is 0 Å². The molecule has 0 aromatic heterocycles. The fourth-order valence-corrected chi connectivity index (χ4v) is 1.33. The molecule has 17 heavy (non-hydrogen) atoms. The van der Waals surface area contributed by atoms with E-state index in [1.807, 2.05) is 40.7 Å². The molecule has 0 aliphatic heterocycles. The predicted octanol–water partition coefficient (Wildman–Crippen LogP) is 1.51. The molecule has 2 atom stereocenters. The van der Waals surface area contributed by atoms with Crippen LogP contribution in [0.15, 0.2) is 11.6 Å². The van der Waals surface area contributed by atoms with Crippen LogP contribution in [-0.4, -0.2) is 35.5 Å². The summed E-state index contributed by atoms with van der Waals surface area (Å²) >= 11 is 0. The van der Waals surface area contributed by atoms with Crippen LogP contribution >= 0.6 is 0 Å². The van der Waals surface area contributed by atoms with Gasteiger partial charge >= 0.3 is 5.97 Å². The number of aliphatic hydroxyl groups excluding tert-OH is 2. The molecule has 0 aliphatic carbocycles. The second-order valence-electron chi connectivity index (χ2n) is 5.55. The second kappa shape index (κ2) is 6.77. The Balaban J connectivity index is 4.62. The molecular weight excluding hydrogens is 220 g/mol. The van der Waals surface area contributed by atoms with Gasteiger partial charge in [-0.1, -0.05) is 32.4 Å². The molecule has 0 saturated heterocycles. The van der Waals surface area contributed by atoms with Crippen molar-refractivity contribution in [3.63, 3.8) is 0 Å². The molecule has 4 heteroatoms. The van der Waals surface area contributed by atoms with Gasteiger partial charge in [0.1, 0.15) is 12.7 Å². The van der Waals surface area contributed by atoms with Crippen molar-refractivity contribution in [2.45, 2.75) is 40.7 Å². The summed E-state index contributed by atoms with van der Waals surface area (Å²) < 4.78 is 4.99. The van der Waals surface area contributed by atoms with E-state index < -0.39 is 12.7 Å². The van der Waals surface area contributed by atoms with E-state index in [0.717, 1.165) is 5.57 Å². The molecule has 0 rings (SSSR count). The molecule has 0 aromatic rings. The Labute approximate surface area is 103 Å². The van der Waals surface area contributed by atoms with E-state index in [2.05, 4.69) is 0 Å². The Morgan fingerprint density at radius 3 is 2.24 bits per heavy atom. The highest BCUT2D eigenvalue weighted by atomic mass is 16.5. The second-order valence-corrected chi connectivity index (χ2v) is 5.55. The smallest absolute Gasteiger partial charge is 0.313 e. The van der Waals surface area contributed by atoms with Gasteiger partial charge in [0.05, 0.1) is 12.5 Å². The minimum atomic E-state index is -1.01. The quantitative estimate of drug-likeness (QED) is 0.568. The Bertz CT molecular complexity index is 272. The zero-order valence-corrected chi connectivity index (χ0v) is 11.4. The summed E-state index contributed by atoms with van der Waals surface area (Å²) in [5, 5.41) is 17.8. The Kier molecular flexibility index (Phi) is 6.42. The summed E-state index contributed by atoms with van der Waals surface area (Å²) in [4.78, 5) is 11.9. The fraction of sp³-hybridized carbons (Fsp3) is 0.769. The van der Waals surface area contributed by atoms with Crippen LogP contribution in [0.25, 0.3) is 0 Å². The summed E-state index contributed by atoms with van der Waals surface area (Å²) in [7, 11) is 0. The number of hydrogen-bond acceptors (Lipinski definition) is 4. The van der Waals surface area contributed by atoms with Gasteiger partial charge in [0.2, 0.25) is 0 Å². The number of carbonyl (C=O) groups excluding carboxylic acids is 1. The topological polar surface area (TPSA) is 66.8 Å². The van der Waals surface area contributed by atoms with Crippen LogP contribution < -0.4 is 0 Å². The maximum atomic E-state index is 11.9. The molecule has 0 amide bonds. The number of esters is 1. The molecule has 0 saturated carbocycles. The SMILES string of the molecule is CC(C)=CC(C(=O)OCC(O)CO)C(C)(C)C. The summed E-state index contributed by atoms with van der Waals surface area (Å²) in [5.74, 6) is -0.718. The van der Waals surface area contributed by atoms with Crippen molar-refractivity contribution in [1.82, 2.24) is 0 Å². The summed E-state index contributed by atoms with van der Waals surface area (Å²) in [6, 6.07) is 0. The first-order chi connectivity index (χ1) is 7.68. The molecule has 0 fully saturated rings. The molecule has 0 spiro atoms. The summed E-state index contributed by atoms with van der Waals surface area (Å²) in [6.07, 6.45) is 0.861. The lowest BCUT2D eigenvalue weighted by atomic mass is 9.80. The van der Waals surface area contributed by atoms with Gasteiger partial charge in [-0.2, -0.15) is 0 Å². The molecule has 2 unspecified atom stereocenters. The summed E-state index contributed by atoms with van der Waals surface area (Å²) in [5.41, 5.74) is 0.808. The number of ether oxygens (including phenoxy) is 1. The maximum Gasteiger partial charge on any atom is 0.313 e. The van der Waals surface area contributed by atoms with Crippen LogP contribution in [0.1, 0.15) is 34.6 Å². The number of hydrogen-bond donors (Lipinski definition) is 2. The molecule has 4 nitrogen and oxygen atoms in total. The van der Waals surface area contributed by atoms with Crippen LogP contribution in [0.2, 0.25) is 0 Å². The standard InChI is InChI=1S/C13H24O4/c1-9(2)6-11(13(3,4)5)12(16)17-8-10(15)7-14/h6,10-11,14-15H,7-8H2,1-5H3. The highest BCUT2D eigenvalue weighted by Crippen LogP contribution is 2.29. The van der Waals surface area contributed by atoms with Crippen molar-refractivity contribution in [2.24, 2.45) is 11.3 Å². The van der Waals surface area contributed by atoms with E-state index in [1.54, 1.807) is 0 Å². The number of allylic oxidation sites excluding steroid dienone is 1. The minimum Gasteiger partial charge on any atom is -0.462 e. The molecule has 0 radical (unpaired) electrons. The van der Waals surface area contributed by atoms with E-state index in [1.165, 1.54) is 0 Å². The van der Waals surface area contributed by atoms with Gasteiger partial charge in [0.25, 0.3) is 0 Å². The van der Waals surface area contributed by atoms with Gasteiger partial charge in [-0.25, -0.2) is 0 Å². The van der Waals surface area contributed by atoms with Gasteiger partial charge in [-0.15, -0.1) is 0 Å². The zero-order valence-electron chi connectivity index (χ0n) is 11.4. The van der Waals surface area contributed by atoms with Gasteiger partial charge in [-0.3, -0.25) is 4.79 Å². The lowest BCUT2D eigenvalue weighted by Gasteiger charge is -2.27. The third-order valence-corrected chi connectivity index (χ3v) is 2.32. The Hall–Kier alpha value is -0.870. The molecule has 0 aromatic carbocycles. The van der Waals surface area contributed by atoms with Crippen molar-refractivity contribution >= 4 is 5.97 Å². The average molecular weight is 244 g/mol. The van der Waals surface area contributed by atoms with E-state index >= 15 is 0 Å². The first kappa shape index (κ1) is 16.1. The van der Waals surface area contributed by atoms with Crippen molar-refractivity contribution in [3.8, 4) is 0 Å². The fourth-order valence-electron chi connectivity index (χ4n) is 1.33. The van der Waals surface area contributed by atoms with Crippen LogP contribution in [0, 0.1) is 11.3 Å². The molecular formula is C13H24O4. The van der Waals surface area contributed by atoms with Gasteiger partial charge in [0, 0.05) is 0 Å². The molecule has 0 aliphatic rings. The monoisotopic (exact) mass is 244 g/mol. The largest absolute Gasteiger partial charge is 0.462 e. The third kappa shape index (κ3) is 6.44. The lowest BCUT2D eigenvalue weighted by Crippen LogP contribution is -2.31. The van der Waals surface area contributed by atoms with Crippen molar-refractivity contribution < 1.29 is 19.7 Å². The average Bonchev–Trinajstić information content (AvgIpc) is 2.20. The van der Waals surface area contributed by atoms with Crippen molar-refractivity contribution in [1.29, 1.82) is 0 Å². The van der Waals surface area contributed by atoms with Gasteiger partial charge in [-0.05, 0) is 19.3 Å². The molecule has 0 heterocycles. The predicted molar refractivity (Wildman–Crippen MR) is 66.4 cm³/mol. The van der Waals surface area contributed by atoms with E-state index in [4.69, 9.17) is 14.9 Å². The molecule has 2 N–H and O–H groups in total. The summed E-state index contributed by atoms with van der Waals surface area (Å²) in [6.45, 7) is 9.15. The van der Waals surface area contributed by atoms with Crippen LogP contribution in [-0.2, 0) is 9.53 Å². The first-order valence-electron chi connectivity index (χ1n) is 5.79. The normalized spacial score (nSPS) is 15.0. The Morgan fingerprint density at radius 2 is 1.88 bits per heavy atom. The molecule has 0 bridgehead atoms. The third-order valence-electron chi connectivity index (χ3n) is 2.32. The highest BCUT2D eigenvalue weighted by Gasteiger charge is 2.30. The Morgan fingerprint density at radius 1 is 1.35 bits per heavy atom. The van der Waals surface area contributed by atoms with Crippen molar-refractivity contribution in [3.05, 3.63) is 11.6 Å². The number of aliphatic hydroxyl groups is 2. The molecule has 100 valence electrons. The number of rotatable bonds is 5. The minimum absolute atomic E-state index is 0.168.